The van der Waals surface area contributed by atoms with Crippen molar-refractivity contribution < 1.29 is 9.59 Å². The predicted molar refractivity (Wildman–Crippen MR) is 92.8 cm³/mol. The Hall–Kier alpha value is -2.82. The van der Waals surface area contributed by atoms with Gasteiger partial charge in [-0.25, -0.2) is 0 Å². The van der Waals surface area contributed by atoms with Crippen LogP contribution in [0.25, 0.3) is 0 Å². The van der Waals surface area contributed by atoms with Crippen LogP contribution in [0.4, 0.5) is 11.4 Å². The average Bonchev–Trinajstić information content (AvgIpc) is 2.60. The standard InChI is InChI=1S/C18H21N3O2/c1-3-19-17(22)13-20-15-9-7-8-14(12-15)18(23)21(2)16-10-5-4-6-11-16/h4-12,20H,3,13H2,1-2H3,(H,19,22). The van der Waals surface area contributed by atoms with E-state index >= 15 is 0 Å². The highest BCUT2D eigenvalue weighted by Crippen LogP contribution is 2.17. The van der Waals surface area contributed by atoms with Gasteiger partial charge in [0.2, 0.25) is 5.91 Å². The van der Waals surface area contributed by atoms with Crippen LogP contribution in [0.3, 0.4) is 0 Å². The van der Waals surface area contributed by atoms with Gasteiger partial charge in [0.05, 0.1) is 6.54 Å². The first-order valence-electron chi connectivity index (χ1n) is 7.55. The molecule has 2 aromatic rings. The topological polar surface area (TPSA) is 61.4 Å². The lowest BCUT2D eigenvalue weighted by atomic mass is 10.1. The number of amides is 2. The number of likely N-dealkylation sites (N-methyl/N-ethyl adjacent to an activating group) is 1. The summed E-state index contributed by atoms with van der Waals surface area (Å²) in [6.07, 6.45) is 0. The molecule has 0 atom stereocenters. The van der Waals surface area contributed by atoms with Gasteiger partial charge in [-0.3, -0.25) is 9.59 Å². The Morgan fingerprint density at radius 3 is 2.48 bits per heavy atom. The Kier molecular flexibility index (Phi) is 5.74. The highest BCUT2D eigenvalue weighted by molar-refractivity contribution is 6.06. The van der Waals surface area contributed by atoms with Gasteiger partial charge in [0.15, 0.2) is 0 Å². The minimum Gasteiger partial charge on any atom is -0.376 e. The van der Waals surface area contributed by atoms with E-state index in [4.69, 9.17) is 0 Å². The summed E-state index contributed by atoms with van der Waals surface area (Å²) in [5.41, 5.74) is 2.14. The molecule has 0 saturated heterocycles. The van der Waals surface area contributed by atoms with E-state index in [0.717, 1.165) is 11.4 Å². The van der Waals surface area contributed by atoms with Crippen LogP contribution in [0.15, 0.2) is 54.6 Å². The molecule has 0 aliphatic heterocycles. The first-order valence-corrected chi connectivity index (χ1v) is 7.55. The molecule has 2 aromatic carbocycles. The Labute approximate surface area is 136 Å². The summed E-state index contributed by atoms with van der Waals surface area (Å²) in [6.45, 7) is 2.65. The van der Waals surface area contributed by atoms with Crippen LogP contribution in [0, 0.1) is 0 Å². The zero-order valence-corrected chi connectivity index (χ0v) is 13.4. The van der Waals surface area contributed by atoms with E-state index < -0.39 is 0 Å². The number of carbonyl (C=O) groups is 2. The number of nitrogens with one attached hydrogen (secondary N) is 2. The molecule has 23 heavy (non-hydrogen) atoms. The van der Waals surface area contributed by atoms with Crippen molar-refractivity contribution in [1.29, 1.82) is 0 Å². The van der Waals surface area contributed by atoms with Crippen molar-refractivity contribution in [2.75, 3.05) is 30.4 Å². The Morgan fingerprint density at radius 1 is 1.04 bits per heavy atom. The van der Waals surface area contributed by atoms with Crippen molar-refractivity contribution in [2.45, 2.75) is 6.92 Å². The fourth-order valence-electron chi connectivity index (χ4n) is 2.17. The third-order valence-corrected chi connectivity index (χ3v) is 3.38. The van der Waals surface area contributed by atoms with Crippen LogP contribution in [0.2, 0.25) is 0 Å². The number of anilines is 2. The molecule has 5 heteroatoms. The number of nitrogens with zero attached hydrogens (tertiary/aromatic N) is 1. The van der Waals surface area contributed by atoms with Gasteiger partial charge in [0.25, 0.3) is 5.91 Å². The molecule has 0 spiro atoms. The maximum absolute atomic E-state index is 12.6. The smallest absolute Gasteiger partial charge is 0.258 e. The average molecular weight is 311 g/mol. The lowest BCUT2D eigenvalue weighted by Crippen LogP contribution is -2.29. The lowest BCUT2D eigenvalue weighted by molar-refractivity contribution is -0.119. The molecule has 0 heterocycles. The summed E-state index contributed by atoms with van der Waals surface area (Å²) in [6, 6.07) is 16.6. The molecule has 0 unspecified atom stereocenters. The number of hydrogen-bond donors (Lipinski definition) is 2. The summed E-state index contributed by atoms with van der Waals surface area (Å²) in [5.74, 6) is -0.177. The van der Waals surface area contributed by atoms with E-state index in [9.17, 15) is 9.59 Å². The fourth-order valence-corrected chi connectivity index (χ4v) is 2.17. The second-order valence-electron chi connectivity index (χ2n) is 5.09. The monoisotopic (exact) mass is 311 g/mol. The molecule has 0 aliphatic rings. The van der Waals surface area contributed by atoms with Gasteiger partial charge < -0.3 is 15.5 Å². The summed E-state index contributed by atoms with van der Waals surface area (Å²) in [7, 11) is 1.74. The zero-order chi connectivity index (χ0) is 16.7. The number of rotatable bonds is 6. The second kappa shape index (κ2) is 7.98. The molecule has 0 radical (unpaired) electrons. The molecule has 2 N–H and O–H groups in total. The SMILES string of the molecule is CCNC(=O)CNc1cccc(C(=O)N(C)c2ccccc2)c1. The van der Waals surface area contributed by atoms with Gasteiger partial charge in [-0.15, -0.1) is 0 Å². The molecule has 120 valence electrons. The summed E-state index contributed by atoms with van der Waals surface area (Å²) in [5, 5.41) is 5.74. The van der Waals surface area contributed by atoms with Crippen LogP contribution >= 0.6 is 0 Å². The van der Waals surface area contributed by atoms with E-state index in [1.807, 2.05) is 43.3 Å². The molecule has 0 saturated carbocycles. The van der Waals surface area contributed by atoms with Gasteiger partial charge in [-0.1, -0.05) is 24.3 Å². The summed E-state index contributed by atoms with van der Waals surface area (Å²) >= 11 is 0. The molecule has 0 aliphatic carbocycles. The van der Waals surface area contributed by atoms with E-state index in [1.165, 1.54) is 0 Å². The zero-order valence-electron chi connectivity index (χ0n) is 13.4. The van der Waals surface area contributed by atoms with Crippen molar-refractivity contribution >= 4 is 23.2 Å². The van der Waals surface area contributed by atoms with Crippen molar-refractivity contribution in [2.24, 2.45) is 0 Å². The molecular weight excluding hydrogens is 290 g/mol. The second-order valence-corrected chi connectivity index (χ2v) is 5.09. The fraction of sp³-hybridized carbons (Fsp3) is 0.222. The summed E-state index contributed by atoms with van der Waals surface area (Å²) < 4.78 is 0. The number of para-hydroxylation sites is 1. The van der Waals surface area contributed by atoms with Crippen LogP contribution in [0.5, 0.6) is 0 Å². The van der Waals surface area contributed by atoms with Crippen LogP contribution in [0.1, 0.15) is 17.3 Å². The highest BCUT2D eigenvalue weighted by atomic mass is 16.2. The lowest BCUT2D eigenvalue weighted by Gasteiger charge is -2.17. The molecule has 2 amide bonds. The quantitative estimate of drug-likeness (QED) is 0.861. The van der Waals surface area contributed by atoms with Gasteiger partial charge in [0, 0.05) is 30.5 Å². The van der Waals surface area contributed by atoms with Crippen molar-refractivity contribution in [1.82, 2.24) is 5.32 Å². The van der Waals surface area contributed by atoms with E-state index in [2.05, 4.69) is 10.6 Å². The molecule has 0 bridgehead atoms. The molecule has 5 nitrogen and oxygen atoms in total. The minimum atomic E-state index is -0.0992. The van der Waals surface area contributed by atoms with Gasteiger partial charge in [-0.05, 0) is 37.3 Å². The molecular formula is C18H21N3O2. The predicted octanol–water partition coefficient (Wildman–Crippen LogP) is 2.51. The minimum absolute atomic E-state index is 0.0781. The van der Waals surface area contributed by atoms with Crippen molar-refractivity contribution in [3.8, 4) is 0 Å². The Bertz CT molecular complexity index is 671. The molecule has 2 rings (SSSR count). The van der Waals surface area contributed by atoms with Crippen molar-refractivity contribution in [3.63, 3.8) is 0 Å². The molecule has 0 fully saturated rings. The largest absolute Gasteiger partial charge is 0.376 e. The first kappa shape index (κ1) is 16.5. The van der Waals surface area contributed by atoms with Gasteiger partial charge in [-0.2, -0.15) is 0 Å². The van der Waals surface area contributed by atoms with E-state index in [-0.39, 0.29) is 18.4 Å². The van der Waals surface area contributed by atoms with E-state index in [1.54, 1.807) is 30.1 Å². The van der Waals surface area contributed by atoms with Crippen LogP contribution < -0.4 is 15.5 Å². The normalized spacial score (nSPS) is 10.0. The third-order valence-electron chi connectivity index (χ3n) is 3.38. The maximum Gasteiger partial charge on any atom is 0.258 e. The van der Waals surface area contributed by atoms with Crippen LogP contribution in [-0.4, -0.2) is 32.0 Å². The number of hydrogen-bond acceptors (Lipinski definition) is 3. The first-order chi connectivity index (χ1) is 11.1. The third kappa shape index (κ3) is 4.57. The van der Waals surface area contributed by atoms with Gasteiger partial charge in [0.1, 0.15) is 0 Å². The number of carbonyl (C=O) groups excluding carboxylic acids is 2. The Morgan fingerprint density at radius 2 is 1.78 bits per heavy atom. The maximum atomic E-state index is 12.6. The van der Waals surface area contributed by atoms with Crippen molar-refractivity contribution in [3.05, 3.63) is 60.2 Å². The molecule has 0 aromatic heterocycles. The van der Waals surface area contributed by atoms with E-state index in [0.29, 0.717) is 12.1 Å². The highest BCUT2D eigenvalue weighted by Gasteiger charge is 2.13. The van der Waals surface area contributed by atoms with Crippen LogP contribution in [-0.2, 0) is 4.79 Å². The van der Waals surface area contributed by atoms with Gasteiger partial charge >= 0.3 is 0 Å². The Balaban J connectivity index is 2.07. The summed E-state index contributed by atoms with van der Waals surface area (Å²) in [4.78, 5) is 25.6. The number of benzene rings is 2.